The summed E-state index contributed by atoms with van der Waals surface area (Å²) in [4.78, 5) is 14.5. The molecule has 2 aromatic rings. The quantitative estimate of drug-likeness (QED) is 0.852. The molecule has 0 bridgehead atoms. The molecule has 1 aliphatic heterocycles. The maximum atomic E-state index is 13.8. The maximum absolute atomic E-state index is 13.8. The number of benzene rings is 2. The SMILES string of the molecule is COc1ccc(C(=O)N2CCCC2Cc2cccc(F)c2)cc1F. The number of rotatable bonds is 4. The topological polar surface area (TPSA) is 29.5 Å². The molecule has 0 aromatic heterocycles. The van der Waals surface area contributed by atoms with Crippen LogP contribution in [-0.2, 0) is 6.42 Å². The van der Waals surface area contributed by atoms with Crippen molar-refractivity contribution >= 4 is 5.91 Å². The summed E-state index contributed by atoms with van der Waals surface area (Å²) in [6.07, 6.45) is 2.35. The number of ether oxygens (including phenoxy) is 1. The van der Waals surface area contributed by atoms with Crippen molar-refractivity contribution < 1.29 is 18.3 Å². The van der Waals surface area contributed by atoms with Gasteiger partial charge in [0.1, 0.15) is 5.82 Å². The molecule has 2 aromatic carbocycles. The highest BCUT2D eigenvalue weighted by molar-refractivity contribution is 5.94. The van der Waals surface area contributed by atoms with Crippen LogP contribution in [0.25, 0.3) is 0 Å². The van der Waals surface area contributed by atoms with Gasteiger partial charge in [-0.1, -0.05) is 12.1 Å². The molecule has 1 saturated heterocycles. The van der Waals surface area contributed by atoms with E-state index in [1.165, 1.54) is 31.4 Å². The summed E-state index contributed by atoms with van der Waals surface area (Å²) < 4.78 is 32.1. The second-order valence-electron chi connectivity index (χ2n) is 5.98. The smallest absolute Gasteiger partial charge is 0.254 e. The van der Waals surface area contributed by atoms with Crippen molar-refractivity contribution in [1.29, 1.82) is 0 Å². The van der Waals surface area contributed by atoms with Gasteiger partial charge in [0.15, 0.2) is 11.6 Å². The Balaban J connectivity index is 1.77. The van der Waals surface area contributed by atoms with Gasteiger partial charge in [0.2, 0.25) is 0 Å². The fourth-order valence-electron chi connectivity index (χ4n) is 3.22. The van der Waals surface area contributed by atoms with Crippen molar-refractivity contribution in [2.75, 3.05) is 13.7 Å². The van der Waals surface area contributed by atoms with Crippen molar-refractivity contribution in [2.45, 2.75) is 25.3 Å². The molecule has 1 unspecified atom stereocenters. The summed E-state index contributed by atoms with van der Waals surface area (Å²) in [5, 5.41) is 0. The normalized spacial score (nSPS) is 17.1. The van der Waals surface area contributed by atoms with Crippen LogP contribution in [-0.4, -0.2) is 30.5 Å². The summed E-state index contributed by atoms with van der Waals surface area (Å²) in [6.45, 7) is 0.631. The Hall–Kier alpha value is -2.43. The van der Waals surface area contributed by atoms with Crippen LogP contribution in [0.2, 0.25) is 0 Å². The molecular weight excluding hydrogens is 312 g/mol. The molecule has 3 nitrogen and oxygen atoms in total. The largest absolute Gasteiger partial charge is 0.494 e. The number of nitrogens with zero attached hydrogens (tertiary/aromatic N) is 1. The molecule has 24 heavy (non-hydrogen) atoms. The zero-order valence-electron chi connectivity index (χ0n) is 13.5. The lowest BCUT2D eigenvalue weighted by Gasteiger charge is -2.25. The fraction of sp³-hybridized carbons (Fsp3) is 0.316. The first-order chi connectivity index (χ1) is 11.6. The van der Waals surface area contributed by atoms with Crippen LogP contribution >= 0.6 is 0 Å². The molecule has 1 atom stereocenters. The predicted molar refractivity (Wildman–Crippen MR) is 87.1 cm³/mol. The number of halogens is 2. The monoisotopic (exact) mass is 331 g/mol. The lowest BCUT2D eigenvalue weighted by molar-refractivity contribution is 0.0736. The number of methoxy groups -OCH3 is 1. The summed E-state index contributed by atoms with van der Waals surface area (Å²) >= 11 is 0. The van der Waals surface area contributed by atoms with Gasteiger partial charge in [-0.15, -0.1) is 0 Å². The summed E-state index contributed by atoms with van der Waals surface area (Å²) in [7, 11) is 1.38. The summed E-state index contributed by atoms with van der Waals surface area (Å²) in [5.74, 6) is -0.912. The minimum atomic E-state index is -0.552. The van der Waals surface area contributed by atoms with E-state index in [1.54, 1.807) is 17.0 Å². The Morgan fingerprint density at radius 1 is 1.25 bits per heavy atom. The highest BCUT2D eigenvalue weighted by Crippen LogP contribution is 2.25. The first-order valence-corrected chi connectivity index (χ1v) is 7.97. The van der Waals surface area contributed by atoms with E-state index in [1.807, 2.05) is 6.07 Å². The third-order valence-corrected chi connectivity index (χ3v) is 4.40. The molecule has 3 rings (SSSR count). The van der Waals surface area contributed by atoms with E-state index in [0.717, 1.165) is 18.4 Å². The van der Waals surface area contributed by atoms with E-state index >= 15 is 0 Å². The van der Waals surface area contributed by atoms with Gasteiger partial charge in [0, 0.05) is 18.2 Å². The highest BCUT2D eigenvalue weighted by Gasteiger charge is 2.29. The molecule has 1 heterocycles. The number of hydrogen-bond donors (Lipinski definition) is 0. The van der Waals surface area contributed by atoms with Gasteiger partial charge in [-0.25, -0.2) is 8.78 Å². The fourth-order valence-corrected chi connectivity index (χ4v) is 3.22. The van der Waals surface area contributed by atoms with Crippen LogP contribution in [0, 0.1) is 11.6 Å². The van der Waals surface area contributed by atoms with E-state index in [4.69, 9.17) is 4.74 Å². The lowest BCUT2D eigenvalue weighted by Crippen LogP contribution is -2.36. The van der Waals surface area contributed by atoms with Gasteiger partial charge < -0.3 is 9.64 Å². The van der Waals surface area contributed by atoms with Crippen LogP contribution < -0.4 is 4.74 Å². The Morgan fingerprint density at radius 2 is 2.08 bits per heavy atom. The number of hydrogen-bond acceptors (Lipinski definition) is 2. The van der Waals surface area contributed by atoms with E-state index in [9.17, 15) is 13.6 Å². The molecule has 1 amide bonds. The second-order valence-corrected chi connectivity index (χ2v) is 5.98. The zero-order chi connectivity index (χ0) is 17.1. The third kappa shape index (κ3) is 3.40. The van der Waals surface area contributed by atoms with E-state index < -0.39 is 5.82 Å². The highest BCUT2D eigenvalue weighted by atomic mass is 19.1. The van der Waals surface area contributed by atoms with Gasteiger partial charge in [-0.05, 0) is 55.2 Å². The number of amides is 1. The number of carbonyl (C=O) groups excluding carboxylic acids is 1. The van der Waals surface area contributed by atoms with Crippen LogP contribution in [0.1, 0.15) is 28.8 Å². The van der Waals surface area contributed by atoms with Crippen molar-refractivity contribution in [2.24, 2.45) is 0 Å². The average Bonchev–Trinajstić information content (AvgIpc) is 3.02. The van der Waals surface area contributed by atoms with E-state index in [2.05, 4.69) is 0 Å². The molecule has 1 fully saturated rings. The Bertz CT molecular complexity index is 748. The Morgan fingerprint density at radius 3 is 2.79 bits per heavy atom. The molecular formula is C19H19F2NO2. The second kappa shape index (κ2) is 6.99. The van der Waals surface area contributed by atoms with Crippen molar-refractivity contribution in [3.8, 4) is 5.75 Å². The molecule has 126 valence electrons. The van der Waals surface area contributed by atoms with Crippen LogP contribution in [0.15, 0.2) is 42.5 Å². The van der Waals surface area contributed by atoms with Crippen LogP contribution in [0.5, 0.6) is 5.75 Å². The maximum Gasteiger partial charge on any atom is 0.254 e. The molecule has 1 aliphatic rings. The standard InChI is InChI=1S/C19H19F2NO2/c1-24-18-8-7-14(12-17(18)21)19(23)22-9-3-6-16(22)11-13-4-2-5-15(20)10-13/h2,4-5,7-8,10,12,16H,3,6,9,11H2,1H3. The van der Waals surface area contributed by atoms with Gasteiger partial charge in [0.05, 0.1) is 7.11 Å². The minimum absolute atomic E-state index is 0.00413. The van der Waals surface area contributed by atoms with Crippen molar-refractivity contribution in [3.05, 3.63) is 65.2 Å². The third-order valence-electron chi connectivity index (χ3n) is 4.40. The predicted octanol–water partition coefficient (Wildman–Crippen LogP) is 3.82. The molecule has 5 heteroatoms. The molecule has 0 N–H and O–H groups in total. The van der Waals surface area contributed by atoms with Crippen LogP contribution in [0.4, 0.5) is 8.78 Å². The van der Waals surface area contributed by atoms with Gasteiger partial charge >= 0.3 is 0 Å². The van der Waals surface area contributed by atoms with E-state index in [-0.39, 0.29) is 23.5 Å². The molecule has 0 radical (unpaired) electrons. The van der Waals surface area contributed by atoms with Gasteiger partial charge in [-0.2, -0.15) is 0 Å². The number of carbonyl (C=O) groups is 1. The Labute approximate surface area is 139 Å². The first-order valence-electron chi connectivity index (χ1n) is 7.97. The minimum Gasteiger partial charge on any atom is -0.494 e. The molecule has 0 aliphatic carbocycles. The Kier molecular flexibility index (Phi) is 4.79. The zero-order valence-corrected chi connectivity index (χ0v) is 13.5. The van der Waals surface area contributed by atoms with Crippen molar-refractivity contribution in [3.63, 3.8) is 0 Å². The first kappa shape index (κ1) is 16.4. The number of likely N-dealkylation sites (tertiary alicyclic amines) is 1. The summed E-state index contributed by atoms with van der Waals surface area (Å²) in [6, 6.07) is 10.7. The average molecular weight is 331 g/mol. The van der Waals surface area contributed by atoms with Gasteiger partial charge in [-0.3, -0.25) is 4.79 Å². The lowest BCUT2D eigenvalue weighted by atomic mass is 10.0. The van der Waals surface area contributed by atoms with Gasteiger partial charge in [0.25, 0.3) is 5.91 Å². The molecule has 0 spiro atoms. The van der Waals surface area contributed by atoms with Crippen LogP contribution in [0.3, 0.4) is 0 Å². The molecule has 0 saturated carbocycles. The summed E-state index contributed by atoms with van der Waals surface area (Å²) in [5.41, 5.74) is 1.17. The van der Waals surface area contributed by atoms with Crippen molar-refractivity contribution in [1.82, 2.24) is 4.90 Å². The van der Waals surface area contributed by atoms with E-state index in [0.29, 0.717) is 18.5 Å².